The van der Waals surface area contributed by atoms with Crippen molar-refractivity contribution in [2.75, 3.05) is 0 Å². The lowest BCUT2D eigenvalue weighted by molar-refractivity contribution is 0.426. The van der Waals surface area contributed by atoms with E-state index in [0.717, 1.165) is 27.1 Å². The molecule has 0 aromatic heterocycles. The van der Waals surface area contributed by atoms with E-state index in [1.807, 2.05) is 24.3 Å². The molecule has 2 nitrogen and oxygen atoms in total. The van der Waals surface area contributed by atoms with E-state index in [4.69, 9.17) is 0 Å². The summed E-state index contributed by atoms with van der Waals surface area (Å²) in [6.07, 6.45) is 1.83. The Balaban J connectivity index is 2.28. The molecule has 3 aromatic carbocycles. The molecule has 0 radical (unpaired) electrons. The third kappa shape index (κ3) is 2.14. The zero-order chi connectivity index (χ0) is 13.4. The maximum absolute atomic E-state index is 9.21. The van der Waals surface area contributed by atoms with Crippen LogP contribution in [0.1, 0.15) is 5.56 Å². The zero-order valence-electron chi connectivity index (χ0n) is 10.4. The largest absolute Gasteiger partial charge is 0.488 e. The smallest absolute Gasteiger partial charge is 0.423 e. The average Bonchev–Trinajstić information content (AvgIpc) is 2.43. The fourth-order valence-corrected chi connectivity index (χ4v) is 2.32. The highest BCUT2D eigenvalue weighted by atomic mass is 16.4. The topological polar surface area (TPSA) is 40.5 Å². The van der Waals surface area contributed by atoms with E-state index in [9.17, 15) is 10.0 Å². The van der Waals surface area contributed by atoms with Gasteiger partial charge in [0, 0.05) is 0 Å². The molecule has 0 bridgehead atoms. The highest BCUT2D eigenvalue weighted by Gasteiger charge is 2.11. The summed E-state index contributed by atoms with van der Waals surface area (Å²) in [5.74, 6) is 0. The number of benzene rings is 3. The molecule has 0 saturated heterocycles. The first kappa shape index (κ1) is 12.0. The van der Waals surface area contributed by atoms with Crippen molar-refractivity contribution in [3.05, 3.63) is 60.7 Å². The summed E-state index contributed by atoms with van der Waals surface area (Å²) >= 11 is 0. The van der Waals surface area contributed by atoms with Crippen molar-refractivity contribution in [3.8, 4) is 0 Å². The van der Waals surface area contributed by atoms with Crippen molar-refractivity contribution in [3.63, 3.8) is 0 Å². The number of hydrogen-bond acceptors (Lipinski definition) is 2. The molecule has 0 heterocycles. The van der Waals surface area contributed by atoms with Crippen molar-refractivity contribution in [2.24, 2.45) is 0 Å². The van der Waals surface area contributed by atoms with Crippen molar-refractivity contribution < 1.29 is 10.0 Å². The van der Waals surface area contributed by atoms with E-state index in [2.05, 4.69) is 24.8 Å². The Morgan fingerprint density at radius 1 is 0.789 bits per heavy atom. The van der Waals surface area contributed by atoms with Crippen LogP contribution in [0, 0.1) is 0 Å². The Labute approximate surface area is 111 Å². The number of fused-ring (bicyclic) bond motifs is 2. The quantitative estimate of drug-likeness (QED) is 0.539. The lowest BCUT2D eigenvalue weighted by Gasteiger charge is -2.06. The summed E-state index contributed by atoms with van der Waals surface area (Å²) in [6, 6.07) is 15.8. The van der Waals surface area contributed by atoms with Crippen molar-refractivity contribution in [1.82, 2.24) is 0 Å². The van der Waals surface area contributed by atoms with E-state index >= 15 is 0 Å². The van der Waals surface area contributed by atoms with Crippen molar-refractivity contribution in [1.29, 1.82) is 0 Å². The predicted octanol–water partition coefficient (Wildman–Crippen LogP) is 2.32. The molecule has 3 aromatic rings. The Hall–Kier alpha value is -2.10. The van der Waals surface area contributed by atoms with Gasteiger partial charge in [-0.2, -0.15) is 0 Å². The molecule has 0 fully saturated rings. The maximum Gasteiger partial charge on any atom is 0.488 e. The van der Waals surface area contributed by atoms with Gasteiger partial charge in [0.15, 0.2) is 0 Å². The molecular formula is C16H13BO2. The monoisotopic (exact) mass is 248 g/mol. The average molecular weight is 248 g/mol. The van der Waals surface area contributed by atoms with Crippen LogP contribution in [0.5, 0.6) is 0 Å². The first-order chi connectivity index (χ1) is 9.17. The zero-order valence-corrected chi connectivity index (χ0v) is 10.4. The highest BCUT2D eigenvalue weighted by molar-refractivity contribution is 6.58. The molecule has 92 valence electrons. The highest BCUT2D eigenvalue weighted by Crippen LogP contribution is 2.23. The van der Waals surface area contributed by atoms with Crippen LogP contribution in [-0.4, -0.2) is 17.2 Å². The second kappa shape index (κ2) is 4.54. The lowest BCUT2D eigenvalue weighted by Crippen LogP contribution is -2.29. The molecule has 0 atom stereocenters. The molecular weight excluding hydrogens is 235 g/mol. The van der Waals surface area contributed by atoms with E-state index in [1.54, 1.807) is 12.1 Å². The summed E-state index contributed by atoms with van der Waals surface area (Å²) < 4.78 is 0. The minimum absolute atomic E-state index is 0.509. The van der Waals surface area contributed by atoms with E-state index in [1.165, 1.54) is 0 Å². The first-order valence-electron chi connectivity index (χ1n) is 6.13. The Morgan fingerprint density at radius 3 is 2.05 bits per heavy atom. The van der Waals surface area contributed by atoms with Crippen LogP contribution < -0.4 is 5.46 Å². The van der Waals surface area contributed by atoms with Crippen LogP contribution in [0.2, 0.25) is 0 Å². The third-order valence-electron chi connectivity index (χ3n) is 3.38. The summed E-state index contributed by atoms with van der Waals surface area (Å²) in [5.41, 5.74) is 1.60. The van der Waals surface area contributed by atoms with Crippen LogP contribution in [0.3, 0.4) is 0 Å². The third-order valence-corrected chi connectivity index (χ3v) is 3.38. The molecule has 0 unspecified atom stereocenters. The molecule has 0 spiro atoms. The molecule has 0 aliphatic carbocycles. The van der Waals surface area contributed by atoms with E-state index in [-0.39, 0.29) is 0 Å². The lowest BCUT2D eigenvalue weighted by atomic mass is 9.79. The van der Waals surface area contributed by atoms with Gasteiger partial charge in [-0.05, 0) is 50.8 Å². The molecule has 19 heavy (non-hydrogen) atoms. The number of rotatable bonds is 2. The van der Waals surface area contributed by atoms with E-state index in [0.29, 0.717) is 5.46 Å². The number of hydrogen-bond donors (Lipinski definition) is 2. The fourth-order valence-electron chi connectivity index (χ4n) is 2.32. The molecule has 0 aliphatic heterocycles. The van der Waals surface area contributed by atoms with Crippen molar-refractivity contribution >= 4 is 40.2 Å². The van der Waals surface area contributed by atoms with E-state index < -0.39 is 7.12 Å². The second-order valence-electron chi connectivity index (χ2n) is 4.64. The van der Waals surface area contributed by atoms with Crippen LogP contribution >= 0.6 is 0 Å². The van der Waals surface area contributed by atoms with Crippen LogP contribution in [-0.2, 0) is 0 Å². The summed E-state index contributed by atoms with van der Waals surface area (Å²) in [6.45, 7) is 3.78. The SMILES string of the molecule is C=Cc1ccc2cc3cc(B(O)O)ccc3cc2c1. The van der Waals surface area contributed by atoms with Gasteiger partial charge in [-0.3, -0.25) is 0 Å². The Kier molecular flexibility index (Phi) is 2.86. The summed E-state index contributed by atoms with van der Waals surface area (Å²) in [4.78, 5) is 0. The first-order valence-corrected chi connectivity index (χ1v) is 6.13. The van der Waals surface area contributed by atoms with Gasteiger partial charge in [0.25, 0.3) is 0 Å². The van der Waals surface area contributed by atoms with Crippen LogP contribution in [0.25, 0.3) is 27.6 Å². The molecule has 3 rings (SSSR count). The Morgan fingerprint density at radius 2 is 1.42 bits per heavy atom. The van der Waals surface area contributed by atoms with Gasteiger partial charge < -0.3 is 10.0 Å². The summed E-state index contributed by atoms with van der Waals surface area (Å²) in [5, 5.41) is 22.8. The molecule has 0 amide bonds. The van der Waals surface area contributed by atoms with Gasteiger partial charge in [0.1, 0.15) is 0 Å². The van der Waals surface area contributed by atoms with Crippen molar-refractivity contribution in [2.45, 2.75) is 0 Å². The molecule has 3 heteroatoms. The van der Waals surface area contributed by atoms with Gasteiger partial charge in [-0.15, -0.1) is 0 Å². The fraction of sp³-hybridized carbons (Fsp3) is 0. The normalized spacial score (nSPS) is 10.8. The molecule has 2 N–H and O–H groups in total. The van der Waals surface area contributed by atoms with Gasteiger partial charge >= 0.3 is 7.12 Å². The minimum Gasteiger partial charge on any atom is -0.423 e. The Bertz CT molecular complexity index is 778. The molecule has 0 aliphatic rings. The second-order valence-corrected chi connectivity index (χ2v) is 4.64. The van der Waals surface area contributed by atoms with Crippen LogP contribution in [0.4, 0.5) is 0 Å². The van der Waals surface area contributed by atoms with Gasteiger partial charge in [-0.25, -0.2) is 0 Å². The predicted molar refractivity (Wildman–Crippen MR) is 81.4 cm³/mol. The minimum atomic E-state index is -1.43. The standard InChI is InChI=1S/C16H13BO2/c1-2-11-3-4-12-9-15-10-16(17(18)19)6-5-13(15)8-14(12)7-11/h2-10,18-19H,1H2. The van der Waals surface area contributed by atoms with Crippen LogP contribution in [0.15, 0.2) is 55.1 Å². The van der Waals surface area contributed by atoms with Gasteiger partial charge in [0.05, 0.1) is 0 Å². The summed E-state index contributed by atoms with van der Waals surface area (Å²) in [7, 11) is -1.43. The van der Waals surface area contributed by atoms with Gasteiger partial charge in [0.2, 0.25) is 0 Å². The maximum atomic E-state index is 9.21. The van der Waals surface area contributed by atoms with Gasteiger partial charge in [-0.1, -0.05) is 43.0 Å². The molecule has 0 saturated carbocycles.